The van der Waals surface area contributed by atoms with Crippen molar-refractivity contribution < 1.29 is 5.11 Å². The van der Waals surface area contributed by atoms with Crippen LogP contribution in [0.5, 0.6) is 0 Å². The molecule has 90 valence electrons. The molecule has 3 N–H and O–H groups in total. The molecule has 0 amide bonds. The maximum absolute atomic E-state index is 10.1. The SMILES string of the molecule is CC(C)c1ccc(C(O)C(N)C(C)C)cc1. The third-order valence-corrected chi connectivity index (χ3v) is 3.08. The van der Waals surface area contributed by atoms with Gasteiger partial charge in [0, 0.05) is 6.04 Å². The third-order valence-electron chi connectivity index (χ3n) is 3.08. The average molecular weight is 221 g/mol. The second kappa shape index (κ2) is 5.46. The number of benzene rings is 1. The zero-order chi connectivity index (χ0) is 12.3. The van der Waals surface area contributed by atoms with E-state index in [9.17, 15) is 5.11 Å². The summed E-state index contributed by atoms with van der Waals surface area (Å²) in [7, 11) is 0. The highest BCUT2D eigenvalue weighted by atomic mass is 16.3. The molecule has 0 heterocycles. The number of hydrogen-bond acceptors (Lipinski definition) is 2. The lowest BCUT2D eigenvalue weighted by Crippen LogP contribution is -2.33. The summed E-state index contributed by atoms with van der Waals surface area (Å²) in [6.07, 6.45) is -0.568. The molecule has 2 heteroatoms. The van der Waals surface area contributed by atoms with Gasteiger partial charge in [0.1, 0.15) is 0 Å². The highest BCUT2D eigenvalue weighted by Gasteiger charge is 2.19. The lowest BCUT2D eigenvalue weighted by molar-refractivity contribution is 0.126. The predicted octanol–water partition coefficient (Wildman–Crippen LogP) is 2.83. The molecule has 0 aliphatic carbocycles. The number of aliphatic hydroxyl groups excluding tert-OH is 1. The van der Waals surface area contributed by atoms with Crippen LogP contribution in [0.25, 0.3) is 0 Å². The van der Waals surface area contributed by atoms with Crippen molar-refractivity contribution in [3.05, 3.63) is 35.4 Å². The van der Waals surface area contributed by atoms with Crippen LogP contribution in [0.15, 0.2) is 24.3 Å². The van der Waals surface area contributed by atoms with E-state index in [-0.39, 0.29) is 12.0 Å². The second-order valence-corrected chi connectivity index (χ2v) is 5.09. The molecule has 1 aromatic carbocycles. The van der Waals surface area contributed by atoms with Gasteiger partial charge in [0.15, 0.2) is 0 Å². The minimum Gasteiger partial charge on any atom is -0.387 e. The Labute approximate surface area is 98.5 Å². The van der Waals surface area contributed by atoms with Crippen LogP contribution < -0.4 is 5.73 Å². The summed E-state index contributed by atoms with van der Waals surface area (Å²) in [6, 6.07) is 7.88. The van der Waals surface area contributed by atoms with Crippen molar-refractivity contribution in [2.45, 2.75) is 45.8 Å². The summed E-state index contributed by atoms with van der Waals surface area (Å²) in [5, 5.41) is 10.1. The maximum Gasteiger partial charge on any atom is 0.0943 e. The van der Waals surface area contributed by atoms with Crippen molar-refractivity contribution in [2.24, 2.45) is 11.7 Å². The van der Waals surface area contributed by atoms with E-state index in [1.165, 1.54) is 5.56 Å². The molecule has 0 radical (unpaired) electrons. The van der Waals surface area contributed by atoms with Gasteiger partial charge < -0.3 is 10.8 Å². The molecule has 0 spiro atoms. The first kappa shape index (κ1) is 13.2. The van der Waals surface area contributed by atoms with E-state index in [0.717, 1.165) is 5.56 Å². The Hall–Kier alpha value is -0.860. The van der Waals surface area contributed by atoms with Crippen LogP contribution in [0.2, 0.25) is 0 Å². The van der Waals surface area contributed by atoms with Gasteiger partial charge >= 0.3 is 0 Å². The van der Waals surface area contributed by atoms with Gasteiger partial charge in [0.2, 0.25) is 0 Å². The summed E-state index contributed by atoms with van der Waals surface area (Å²) < 4.78 is 0. The van der Waals surface area contributed by atoms with Gasteiger partial charge in [-0.1, -0.05) is 52.0 Å². The summed E-state index contributed by atoms with van der Waals surface area (Å²) in [5.74, 6) is 0.796. The minimum atomic E-state index is -0.568. The second-order valence-electron chi connectivity index (χ2n) is 5.09. The molecule has 0 fully saturated rings. The molecule has 0 saturated heterocycles. The van der Waals surface area contributed by atoms with Crippen molar-refractivity contribution in [3.8, 4) is 0 Å². The Morgan fingerprint density at radius 2 is 1.38 bits per heavy atom. The van der Waals surface area contributed by atoms with E-state index < -0.39 is 6.10 Å². The van der Waals surface area contributed by atoms with Gasteiger partial charge in [0.05, 0.1) is 6.10 Å². The molecule has 0 bridgehead atoms. The molecule has 0 saturated carbocycles. The number of hydrogen-bond donors (Lipinski definition) is 2. The predicted molar refractivity (Wildman–Crippen MR) is 68.3 cm³/mol. The topological polar surface area (TPSA) is 46.2 Å². The monoisotopic (exact) mass is 221 g/mol. The molecule has 0 aliphatic rings. The molecular formula is C14H23NO. The van der Waals surface area contributed by atoms with Gasteiger partial charge in [-0.3, -0.25) is 0 Å². The highest BCUT2D eigenvalue weighted by molar-refractivity contribution is 5.26. The fourth-order valence-electron chi connectivity index (χ4n) is 1.66. The lowest BCUT2D eigenvalue weighted by Gasteiger charge is -2.22. The zero-order valence-electron chi connectivity index (χ0n) is 10.6. The maximum atomic E-state index is 10.1. The molecule has 0 aliphatic heterocycles. The van der Waals surface area contributed by atoms with Gasteiger partial charge in [-0.2, -0.15) is 0 Å². The van der Waals surface area contributed by atoms with E-state index in [4.69, 9.17) is 5.73 Å². The average Bonchev–Trinajstić information content (AvgIpc) is 2.27. The van der Waals surface area contributed by atoms with Crippen LogP contribution >= 0.6 is 0 Å². The molecule has 0 aromatic heterocycles. The van der Waals surface area contributed by atoms with E-state index in [0.29, 0.717) is 5.92 Å². The van der Waals surface area contributed by atoms with E-state index in [1.54, 1.807) is 0 Å². The fourth-order valence-corrected chi connectivity index (χ4v) is 1.66. The Morgan fingerprint density at radius 3 is 1.75 bits per heavy atom. The van der Waals surface area contributed by atoms with Crippen molar-refractivity contribution in [1.82, 2.24) is 0 Å². The number of rotatable bonds is 4. The number of nitrogens with two attached hydrogens (primary N) is 1. The molecule has 16 heavy (non-hydrogen) atoms. The first-order chi connectivity index (χ1) is 7.43. The van der Waals surface area contributed by atoms with Gasteiger partial charge in [-0.05, 0) is 23.0 Å². The van der Waals surface area contributed by atoms with E-state index in [2.05, 4.69) is 26.0 Å². The standard InChI is InChI=1S/C14H23NO/c1-9(2)11-5-7-12(8-6-11)14(16)13(15)10(3)4/h5-10,13-14,16H,15H2,1-4H3. The first-order valence-corrected chi connectivity index (χ1v) is 5.97. The Bertz CT molecular complexity index is 316. The summed E-state index contributed by atoms with van der Waals surface area (Å²) in [5.41, 5.74) is 8.13. The smallest absolute Gasteiger partial charge is 0.0943 e. The van der Waals surface area contributed by atoms with Crippen LogP contribution in [-0.4, -0.2) is 11.1 Å². The van der Waals surface area contributed by atoms with Crippen molar-refractivity contribution in [2.75, 3.05) is 0 Å². The largest absolute Gasteiger partial charge is 0.387 e. The Morgan fingerprint density at radius 1 is 0.938 bits per heavy atom. The van der Waals surface area contributed by atoms with E-state index >= 15 is 0 Å². The van der Waals surface area contributed by atoms with Crippen molar-refractivity contribution >= 4 is 0 Å². The van der Waals surface area contributed by atoms with Crippen LogP contribution in [0.1, 0.15) is 50.8 Å². The third kappa shape index (κ3) is 3.06. The Kier molecular flexibility index (Phi) is 4.51. The molecule has 1 aromatic rings. The quantitative estimate of drug-likeness (QED) is 0.821. The molecule has 1 rings (SSSR count). The highest BCUT2D eigenvalue weighted by Crippen LogP contribution is 2.22. The normalized spacial score (nSPS) is 15.5. The summed E-state index contributed by atoms with van der Waals surface area (Å²) >= 11 is 0. The van der Waals surface area contributed by atoms with Gasteiger partial charge in [0.25, 0.3) is 0 Å². The molecule has 2 nitrogen and oxygen atoms in total. The van der Waals surface area contributed by atoms with Crippen LogP contribution in [0.4, 0.5) is 0 Å². The zero-order valence-corrected chi connectivity index (χ0v) is 10.6. The summed E-state index contributed by atoms with van der Waals surface area (Å²) in [4.78, 5) is 0. The first-order valence-electron chi connectivity index (χ1n) is 5.97. The molecular weight excluding hydrogens is 198 g/mol. The van der Waals surface area contributed by atoms with Gasteiger partial charge in [-0.15, -0.1) is 0 Å². The fraction of sp³-hybridized carbons (Fsp3) is 0.571. The van der Waals surface area contributed by atoms with Crippen molar-refractivity contribution in [1.29, 1.82) is 0 Å². The molecule has 2 unspecified atom stereocenters. The lowest BCUT2D eigenvalue weighted by atomic mass is 9.92. The van der Waals surface area contributed by atoms with Crippen LogP contribution in [-0.2, 0) is 0 Å². The van der Waals surface area contributed by atoms with Crippen molar-refractivity contribution in [3.63, 3.8) is 0 Å². The van der Waals surface area contributed by atoms with E-state index in [1.807, 2.05) is 26.0 Å². The number of aliphatic hydroxyl groups is 1. The minimum absolute atomic E-state index is 0.204. The Balaban J connectivity index is 2.81. The van der Waals surface area contributed by atoms with Gasteiger partial charge in [-0.25, -0.2) is 0 Å². The van der Waals surface area contributed by atoms with Crippen LogP contribution in [0, 0.1) is 5.92 Å². The molecule has 2 atom stereocenters. The van der Waals surface area contributed by atoms with Crippen LogP contribution in [0.3, 0.4) is 0 Å². The summed E-state index contributed by atoms with van der Waals surface area (Å²) in [6.45, 7) is 8.36.